The quantitative estimate of drug-likeness (QED) is 0.0431. The van der Waals surface area contributed by atoms with Gasteiger partial charge in [-0.1, -0.05) is 30.3 Å². The highest BCUT2D eigenvalue weighted by Gasteiger charge is 2.34. The van der Waals surface area contributed by atoms with Gasteiger partial charge in [-0.05, 0) is 63.5 Å². The van der Waals surface area contributed by atoms with Crippen molar-refractivity contribution in [1.82, 2.24) is 52.5 Å². The molecule has 2 heterocycles. The highest BCUT2D eigenvalue weighted by Crippen LogP contribution is 2.10. The van der Waals surface area contributed by atoms with Gasteiger partial charge >= 0.3 is 0 Å². The second-order valence-corrected chi connectivity index (χ2v) is 15.5. The van der Waals surface area contributed by atoms with Crippen LogP contribution in [0.15, 0.2) is 47.8 Å². The Hall–Kier alpha value is -7.11. The average Bonchev–Trinajstić information content (AvgIpc) is 3.78. The fourth-order valence-electron chi connectivity index (χ4n) is 6.74. The number of hydrogen-bond donors (Lipinski definition) is 13. The Morgan fingerprint density at radius 1 is 0.815 bits per heavy atom. The Bertz CT molecular complexity index is 1940. The van der Waals surface area contributed by atoms with Crippen LogP contribution in [0.5, 0.6) is 0 Å². The number of rotatable bonds is 16. The first-order valence-electron chi connectivity index (χ1n) is 21.4. The third-order valence-corrected chi connectivity index (χ3v) is 10.1. The van der Waals surface area contributed by atoms with Gasteiger partial charge in [-0.2, -0.15) is 0 Å². The van der Waals surface area contributed by atoms with Gasteiger partial charge in [-0.3, -0.25) is 48.1 Å². The zero-order valence-electron chi connectivity index (χ0n) is 36.5. The first kappa shape index (κ1) is 52.2. The lowest BCUT2D eigenvalue weighted by Crippen LogP contribution is -2.60. The molecule has 1 aromatic carbocycles. The van der Waals surface area contributed by atoms with Gasteiger partial charge in [0.2, 0.25) is 53.2 Å². The fraction of sp³-hybridized carbons (Fsp3) is 0.537. The van der Waals surface area contributed by atoms with Gasteiger partial charge in [0.15, 0.2) is 5.96 Å². The lowest BCUT2D eigenvalue weighted by Gasteiger charge is -2.27. The van der Waals surface area contributed by atoms with Gasteiger partial charge in [0, 0.05) is 44.7 Å². The number of imidazole rings is 1. The molecule has 0 saturated carbocycles. The molecule has 65 heavy (non-hydrogen) atoms. The number of nitrogens with zero attached hydrogens (tertiary/aromatic N) is 2. The topological polar surface area (TPSA) is 395 Å². The number of aromatic amines is 1. The van der Waals surface area contributed by atoms with Crippen LogP contribution < -0.4 is 65.5 Å². The molecule has 0 spiro atoms. The number of aliphatic imine (C=N–C) groups is 1. The van der Waals surface area contributed by atoms with Crippen molar-refractivity contribution < 1.29 is 43.2 Å². The molecule has 1 fully saturated rings. The maximum atomic E-state index is 14.4. The van der Waals surface area contributed by atoms with E-state index in [-0.39, 0.29) is 57.6 Å². The van der Waals surface area contributed by atoms with Crippen molar-refractivity contribution >= 4 is 59.1 Å². The van der Waals surface area contributed by atoms with E-state index in [0.717, 1.165) is 0 Å². The monoisotopic (exact) mass is 909 g/mol. The molecule has 0 aliphatic carbocycles. The van der Waals surface area contributed by atoms with Crippen molar-refractivity contribution in [3.05, 3.63) is 54.1 Å². The summed E-state index contributed by atoms with van der Waals surface area (Å²) in [7, 11) is 0. The number of guanidine groups is 1. The van der Waals surface area contributed by atoms with E-state index in [2.05, 4.69) is 57.5 Å². The molecule has 1 aliphatic heterocycles. The van der Waals surface area contributed by atoms with E-state index in [4.69, 9.17) is 22.9 Å². The van der Waals surface area contributed by atoms with Gasteiger partial charge in [-0.15, -0.1) is 0 Å². The van der Waals surface area contributed by atoms with E-state index in [1.54, 1.807) is 30.3 Å². The van der Waals surface area contributed by atoms with Crippen LogP contribution >= 0.6 is 0 Å². The van der Waals surface area contributed by atoms with Crippen molar-refractivity contribution in [3.8, 4) is 0 Å². The molecule has 3 rings (SSSR count). The Morgan fingerprint density at radius 2 is 1.51 bits per heavy atom. The van der Waals surface area contributed by atoms with Gasteiger partial charge in [0.1, 0.15) is 36.3 Å². The summed E-state index contributed by atoms with van der Waals surface area (Å²) in [5, 5.41) is 20.7. The normalized spacial score (nSPS) is 21.4. The number of nitrogens with two attached hydrogens (primary N) is 4. The summed E-state index contributed by atoms with van der Waals surface area (Å²) in [6, 6.07) is 0.744. The average molecular weight is 910 g/mol. The Kier molecular flexibility index (Phi) is 22.4. The summed E-state index contributed by atoms with van der Waals surface area (Å²) in [6.07, 6.45) is 3.92. The Labute approximate surface area is 376 Å². The van der Waals surface area contributed by atoms with Crippen molar-refractivity contribution in [3.63, 3.8) is 0 Å². The van der Waals surface area contributed by atoms with Crippen molar-refractivity contribution in [2.45, 2.75) is 114 Å². The summed E-state index contributed by atoms with van der Waals surface area (Å²) in [5.74, 6) is -7.12. The van der Waals surface area contributed by atoms with Gasteiger partial charge in [0.05, 0.1) is 19.3 Å². The second-order valence-electron chi connectivity index (χ2n) is 15.5. The summed E-state index contributed by atoms with van der Waals surface area (Å²) in [5.41, 5.74) is 23.1. The molecule has 0 bridgehead atoms. The second kappa shape index (κ2) is 27.8. The predicted molar refractivity (Wildman–Crippen MR) is 236 cm³/mol. The van der Waals surface area contributed by atoms with Crippen molar-refractivity contribution in [2.24, 2.45) is 27.9 Å². The molecule has 356 valence electrons. The van der Waals surface area contributed by atoms with E-state index in [1.807, 2.05) is 0 Å². The summed E-state index contributed by atoms with van der Waals surface area (Å²) >= 11 is 0. The molecule has 17 N–H and O–H groups in total. The molecular formula is C41H63N15O9. The molecule has 1 aliphatic rings. The lowest BCUT2D eigenvalue weighted by atomic mass is 10.0. The third-order valence-electron chi connectivity index (χ3n) is 10.1. The van der Waals surface area contributed by atoms with Crippen molar-refractivity contribution in [1.29, 1.82) is 0 Å². The van der Waals surface area contributed by atoms with E-state index >= 15 is 0 Å². The molecule has 0 unspecified atom stereocenters. The third kappa shape index (κ3) is 19.9. The summed E-state index contributed by atoms with van der Waals surface area (Å²) in [4.78, 5) is 131. The molecule has 2 aromatic rings. The molecule has 9 amide bonds. The van der Waals surface area contributed by atoms with E-state index < -0.39 is 102 Å². The molecule has 24 nitrogen and oxygen atoms in total. The first-order valence-corrected chi connectivity index (χ1v) is 21.4. The van der Waals surface area contributed by atoms with Gasteiger partial charge < -0.3 is 70.5 Å². The van der Waals surface area contributed by atoms with Crippen LogP contribution in [0.3, 0.4) is 0 Å². The number of benzene rings is 1. The van der Waals surface area contributed by atoms with Crippen LogP contribution in [0.2, 0.25) is 0 Å². The number of carbonyl (C=O) groups excluding carboxylic acids is 9. The van der Waals surface area contributed by atoms with Crippen LogP contribution in [0, 0.1) is 0 Å². The summed E-state index contributed by atoms with van der Waals surface area (Å²) in [6.45, 7) is 1.12. The van der Waals surface area contributed by atoms with E-state index in [1.165, 1.54) is 19.4 Å². The van der Waals surface area contributed by atoms with Gasteiger partial charge in [0.25, 0.3) is 0 Å². The minimum Gasteiger partial charge on any atom is -0.370 e. The van der Waals surface area contributed by atoms with Crippen LogP contribution in [0.4, 0.5) is 0 Å². The molecule has 6 atom stereocenters. The van der Waals surface area contributed by atoms with Crippen LogP contribution in [-0.4, -0.2) is 132 Å². The van der Waals surface area contributed by atoms with Crippen LogP contribution in [-0.2, 0) is 56.0 Å². The minimum atomic E-state index is -1.58. The number of amides is 9. The van der Waals surface area contributed by atoms with Gasteiger partial charge in [-0.25, -0.2) is 4.98 Å². The number of hydrogen-bond acceptors (Lipinski definition) is 12. The highest BCUT2D eigenvalue weighted by molar-refractivity contribution is 5.98. The fourth-order valence-corrected chi connectivity index (χ4v) is 6.74. The summed E-state index contributed by atoms with van der Waals surface area (Å²) < 4.78 is 0. The minimum absolute atomic E-state index is 0.0138. The molecule has 24 heteroatoms. The Balaban J connectivity index is 2.06. The van der Waals surface area contributed by atoms with E-state index in [0.29, 0.717) is 43.5 Å². The first-order chi connectivity index (χ1) is 31.1. The largest absolute Gasteiger partial charge is 0.370 e. The molecule has 1 aromatic heterocycles. The maximum absolute atomic E-state index is 14.4. The molecular weight excluding hydrogens is 847 g/mol. The molecule has 1 saturated heterocycles. The zero-order chi connectivity index (χ0) is 47.7. The Morgan fingerprint density at radius 3 is 2.15 bits per heavy atom. The number of nitrogens with one attached hydrogen (secondary N) is 9. The van der Waals surface area contributed by atoms with Crippen LogP contribution in [0.1, 0.15) is 76.0 Å². The number of carbonyl (C=O) groups is 9. The number of aromatic nitrogens is 2. The standard InChI is InChI=1S/C41H63N15O9/c1-24(57)51-29(13-5-7-15-42)37(62)56-32-20-33(58)47-16-8-6-12-27(35(43)60)52-34(59)22-49-36(61)28(14-9-17-48-41(44)45)53-38(63)30(18-25-10-3-2-4-11-25)54-39(64)31(55-40(32)65)19-26-21-46-23-50-26/h2-4,10-11,21,23,27-32H,5-9,12-20,22,42H2,1H3,(H2,43,60)(H,46,50)(H,47,58)(H,49,61)(H,51,57)(H,52,59)(H,53,63)(H,54,64)(H,55,65)(H,56,62)(H4,44,45,48)/t27-,28-,29-,30+,31-,32-/m0/s1. The molecule has 0 radical (unpaired) electrons. The highest BCUT2D eigenvalue weighted by atomic mass is 16.2. The smallest absolute Gasteiger partial charge is 0.243 e. The maximum Gasteiger partial charge on any atom is 0.243 e. The predicted octanol–water partition coefficient (Wildman–Crippen LogP) is -4.40. The SMILES string of the molecule is CC(=O)N[C@@H](CCCCN)C(=O)N[C@H]1CC(=O)NCCCC[C@@H](C(N)=O)NC(=O)CNC(=O)[C@H](CCCN=C(N)N)NC(=O)[C@@H](Cc2ccccc2)NC(=O)[C@H](Cc2cnc[nH]2)NC1=O. The van der Waals surface area contributed by atoms with E-state index in [9.17, 15) is 43.2 Å². The lowest BCUT2D eigenvalue weighted by molar-refractivity contribution is -0.136. The zero-order valence-corrected chi connectivity index (χ0v) is 36.5. The number of unbranched alkanes of at least 4 members (excludes halogenated alkanes) is 1. The van der Waals surface area contributed by atoms with Crippen LogP contribution in [0.25, 0.3) is 0 Å². The van der Waals surface area contributed by atoms with Crippen molar-refractivity contribution in [2.75, 3.05) is 26.2 Å². The number of H-pyrrole nitrogens is 1. The number of primary amides is 1.